The number of halogens is 2. The Morgan fingerprint density at radius 3 is 2.72 bits per heavy atom. The van der Waals surface area contributed by atoms with Gasteiger partial charge in [0.1, 0.15) is 16.8 Å². The number of ether oxygens (including phenoxy) is 1. The van der Waals surface area contributed by atoms with Gasteiger partial charge < -0.3 is 4.74 Å². The zero-order valence-electron chi connectivity index (χ0n) is 13.2. The predicted molar refractivity (Wildman–Crippen MR) is 104 cm³/mol. The number of nitriles is 1. The second-order valence-corrected chi connectivity index (χ2v) is 6.75. The van der Waals surface area contributed by atoms with Gasteiger partial charge in [-0.3, -0.25) is 0 Å². The molecule has 0 aliphatic heterocycles. The Labute approximate surface area is 159 Å². The highest BCUT2D eigenvalue weighted by Gasteiger charge is 2.11. The highest BCUT2D eigenvalue weighted by Crippen LogP contribution is 2.32. The first kappa shape index (κ1) is 17.5. The lowest BCUT2D eigenvalue weighted by Gasteiger charge is -2.04. The van der Waals surface area contributed by atoms with Gasteiger partial charge in [-0.15, -0.1) is 11.3 Å². The first-order chi connectivity index (χ1) is 12.1. The van der Waals surface area contributed by atoms with Crippen molar-refractivity contribution >= 4 is 46.2 Å². The van der Waals surface area contributed by atoms with E-state index in [0.717, 1.165) is 16.8 Å². The topological polar surface area (TPSA) is 45.9 Å². The van der Waals surface area contributed by atoms with E-state index in [4.69, 9.17) is 27.9 Å². The van der Waals surface area contributed by atoms with Gasteiger partial charge in [-0.25, -0.2) is 4.98 Å². The highest BCUT2D eigenvalue weighted by molar-refractivity contribution is 7.11. The Hall–Kier alpha value is -2.32. The van der Waals surface area contributed by atoms with Gasteiger partial charge in [0.25, 0.3) is 0 Å². The largest absolute Gasteiger partial charge is 0.496 e. The summed E-state index contributed by atoms with van der Waals surface area (Å²) in [5.41, 5.74) is 2.90. The summed E-state index contributed by atoms with van der Waals surface area (Å²) in [6, 6.07) is 15.1. The summed E-state index contributed by atoms with van der Waals surface area (Å²) in [5.74, 6) is 0.705. The normalized spacial score (nSPS) is 11.2. The monoisotopic (exact) mass is 386 g/mol. The van der Waals surface area contributed by atoms with Crippen LogP contribution < -0.4 is 4.74 Å². The van der Waals surface area contributed by atoms with Crippen molar-refractivity contribution in [2.75, 3.05) is 7.11 Å². The minimum absolute atomic E-state index is 0.471. The van der Waals surface area contributed by atoms with Gasteiger partial charge in [-0.05, 0) is 24.3 Å². The molecule has 0 spiro atoms. The SMILES string of the molecule is COc1ccccc1/C=C(\C#N)c1nc(-c2ccc(Cl)c(Cl)c2)cs1. The molecule has 6 heteroatoms. The van der Waals surface area contributed by atoms with E-state index in [-0.39, 0.29) is 0 Å². The molecule has 25 heavy (non-hydrogen) atoms. The van der Waals surface area contributed by atoms with Crippen LogP contribution in [0.25, 0.3) is 22.9 Å². The molecular weight excluding hydrogens is 375 g/mol. The zero-order valence-corrected chi connectivity index (χ0v) is 15.5. The lowest BCUT2D eigenvalue weighted by molar-refractivity contribution is 0.414. The van der Waals surface area contributed by atoms with Crippen LogP contribution in [0.3, 0.4) is 0 Å². The second-order valence-electron chi connectivity index (χ2n) is 5.08. The van der Waals surface area contributed by atoms with Crippen molar-refractivity contribution in [2.24, 2.45) is 0 Å². The van der Waals surface area contributed by atoms with Crippen molar-refractivity contribution in [3.05, 3.63) is 68.5 Å². The molecule has 0 N–H and O–H groups in total. The lowest BCUT2D eigenvalue weighted by Crippen LogP contribution is -1.87. The molecule has 0 unspecified atom stereocenters. The molecule has 0 amide bonds. The fraction of sp³-hybridized carbons (Fsp3) is 0.0526. The Morgan fingerprint density at radius 1 is 1.20 bits per heavy atom. The van der Waals surface area contributed by atoms with Crippen LogP contribution >= 0.6 is 34.5 Å². The molecule has 0 aliphatic carbocycles. The van der Waals surface area contributed by atoms with Crippen LogP contribution in [0.4, 0.5) is 0 Å². The van der Waals surface area contributed by atoms with Crippen LogP contribution in [0.5, 0.6) is 5.75 Å². The van der Waals surface area contributed by atoms with Crippen LogP contribution in [0.15, 0.2) is 47.8 Å². The second kappa shape index (κ2) is 7.71. The summed E-state index contributed by atoms with van der Waals surface area (Å²) < 4.78 is 5.33. The number of rotatable bonds is 4. The maximum absolute atomic E-state index is 9.53. The molecule has 3 rings (SSSR count). The fourth-order valence-corrected chi connectivity index (χ4v) is 3.36. The van der Waals surface area contributed by atoms with Crippen molar-refractivity contribution in [3.63, 3.8) is 0 Å². The smallest absolute Gasteiger partial charge is 0.134 e. The quantitative estimate of drug-likeness (QED) is 0.502. The summed E-state index contributed by atoms with van der Waals surface area (Å²) in [5, 5.41) is 13.0. The summed E-state index contributed by atoms with van der Waals surface area (Å²) in [6.07, 6.45) is 1.77. The van der Waals surface area contributed by atoms with E-state index in [2.05, 4.69) is 11.1 Å². The van der Waals surface area contributed by atoms with E-state index < -0.39 is 0 Å². The maximum Gasteiger partial charge on any atom is 0.134 e. The van der Waals surface area contributed by atoms with Crippen molar-refractivity contribution in [1.82, 2.24) is 4.98 Å². The molecular formula is C19H12Cl2N2OS. The number of hydrogen-bond donors (Lipinski definition) is 0. The molecule has 124 valence electrons. The number of thiazole rings is 1. The Kier molecular flexibility index (Phi) is 5.40. The average Bonchev–Trinajstić information content (AvgIpc) is 3.12. The number of methoxy groups -OCH3 is 1. The van der Waals surface area contributed by atoms with Gasteiger partial charge in [0.2, 0.25) is 0 Å². The Morgan fingerprint density at radius 2 is 2.00 bits per heavy atom. The predicted octanol–water partition coefficient (Wildman–Crippen LogP) is 6.19. The average molecular weight is 387 g/mol. The molecule has 0 bridgehead atoms. The number of para-hydroxylation sites is 1. The number of hydrogen-bond acceptors (Lipinski definition) is 4. The molecule has 0 radical (unpaired) electrons. The summed E-state index contributed by atoms with van der Waals surface area (Å²) in [4.78, 5) is 4.56. The molecule has 0 aliphatic rings. The van der Waals surface area contributed by atoms with Gasteiger partial charge in [-0.2, -0.15) is 5.26 Å². The van der Waals surface area contributed by atoms with E-state index in [0.29, 0.717) is 26.4 Å². The molecule has 1 aromatic heterocycles. The van der Waals surface area contributed by atoms with Crippen molar-refractivity contribution in [3.8, 4) is 23.1 Å². The van der Waals surface area contributed by atoms with Crippen LogP contribution in [-0.2, 0) is 0 Å². The van der Waals surface area contributed by atoms with Crippen LogP contribution in [0.1, 0.15) is 10.6 Å². The summed E-state index contributed by atoms with van der Waals surface area (Å²) in [7, 11) is 1.60. The lowest BCUT2D eigenvalue weighted by atomic mass is 10.1. The van der Waals surface area contributed by atoms with E-state index in [1.54, 1.807) is 25.3 Å². The van der Waals surface area contributed by atoms with Gasteiger partial charge >= 0.3 is 0 Å². The first-order valence-electron chi connectivity index (χ1n) is 7.28. The number of aromatic nitrogens is 1. The number of allylic oxidation sites excluding steroid dienone is 1. The number of benzene rings is 2. The van der Waals surface area contributed by atoms with E-state index in [1.165, 1.54) is 11.3 Å². The third-order valence-corrected chi connectivity index (χ3v) is 5.12. The van der Waals surface area contributed by atoms with Crippen molar-refractivity contribution in [1.29, 1.82) is 5.26 Å². The molecule has 2 aromatic carbocycles. The minimum Gasteiger partial charge on any atom is -0.496 e. The highest BCUT2D eigenvalue weighted by atomic mass is 35.5. The third kappa shape index (κ3) is 3.85. The molecule has 1 heterocycles. The molecule has 3 nitrogen and oxygen atoms in total. The standard InChI is InChI=1S/C19H12Cl2N2OS/c1-24-18-5-3-2-4-13(18)8-14(10-22)19-23-17(11-25-19)12-6-7-15(20)16(21)9-12/h2-9,11H,1H3/b14-8+. The molecule has 0 saturated heterocycles. The van der Waals surface area contributed by atoms with Gasteiger partial charge in [0.15, 0.2) is 0 Å². The Bertz CT molecular complexity index is 989. The van der Waals surface area contributed by atoms with Gasteiger partial charge in [0.05, 0.1) is 28.4 Å². The zero-order chi connectivity index (χ0) is 17.8. The molecule has 0 saturated carbocycles. The minimum atomic E-state index is 0.471. The summed E-state index contributed by atoms with van der Waals surface area (Å²) >= 11 is 13.4. The van der Waals surface area contributed by atoms with E-state index in [1.807, 2.05) is 35.7 Å². The molecule has 0 atom stereocenters. The van der Waals surface area contributed by atoms with Crippen LogP contribution in [0, 0.1) is 11.3 Å². The molecule has 3 aromatic rings. The number of nitrogens with zero attached hydrogens (tertiary/aromatic N) is 2. The van der Waals surface area contributed by atoms with Crippen LogP contribution in [0.2, 0.25) is 10.0 Å². The van der Waals surface area contributed by atoms with Gasteiger partial charge in [-0.1, -0.05) is 47.5 Å². The van der Waals surface area contributed by atoms with Crippen molar-refractivity contribution < 1.29 is 4.74 Å². The summed E-state index contributed by atoms with van der Waals surface area (Å²) in [6.45, 7) is 0. The maximum atomic E-state index is 9.53. The Balaban J connectivity index is 1.98. The van der Waals surface area contributed by atoms with Crippen LogP contribution in [-0.4, -0.2) is 12.1 Å². The molecule has 0 fully saturated rings. The first-order valence-corrected chi connectivity index (χ1v) is 8.92. The third-order valence-electron chi connectivity index (χ3n) is 3.51. The van der Waals surface area contributed by atoms with E-state index in [9.17, 15) is 5.26 Å². The fourth-order valence-electron chi connectivity index (χ4n) is 2.27. The van der Waals surface area contributed by atoms with E-state index >= 15 is 0 Å². The van der Waals surface area contributed by atoms with Gasteiger partial charge in [0, 0.05) is 16.5 Å². The van der Waals surface area contributed by atoms with Crippen molar-refractivity contribution in [2.45, 2.75) is 0 Å².